The molecule has 2 saturated heterocycles. The fourth-order valence-corrected chi connectivity index (χ4v) is 4.11. The predicted molar refractivity (Wildman–Crippen MR) is 117 cm³/mol. The zero-order valence-corrected chi connectivity index (χ0v) is 18.0. The van der Waals surface area contributed by atoms with Crippen molar-refractivity contribution < 1.29 is 19.1 Å². The van der Waals surface area contributed by atoms with Gasteiger partial charge in [-0.1, -0.05) is 30.3 Å². The zero-order chi connectivity index (χ0) is 22.3. The molecule has 32 heavy (non-hydrogen) atoms. The Bertz CT molecular complexity index is 938. The van der Waals surface area contributed by atoms with Gasteiger partial charge in [0.2, 0.25) is 17.7 Å². The minimum absolute atomic E-state index is 0.00737. The maximum atomic E-state index is 13.0. The highest BCUT2D eigenvalue weighted by molar-refractivity contribution is 5.91. The van der Waals surface area contributed by atoms with Crippen molar-refractivity contribution in [3.63, 3.8) is 0 Å². The summed E-state index contributed by atoms with van der Waals surface area (Å²) in [6.07, 6.45) is 4.00. The van der Waals surface area contributed by atoms with Crippen molar-refractivity contribution in [2.75, 3.05) is 32.7 Å². The van der Waals surface area contributed by atoms with E-state index in [2.05, 4.69) is 10.3 Å². The first-order valence-electron chi connectivity index (χ1n) is 11.0. The quantitative estimate of drug-likeness (QED) is 0.700. The molecule has 1 aromatic carbocycles. The van der Waals surface area contributed by atoms with Crippen LogP contribution in [0.15, 0.2) is 54.9 Å². The SMILES string of the molecule is O=C1C[C@H](C(=O)N2CC(=O)N(CCc3ccccc3)C[C@@H](OCc3ccncc3)C2)CN1. The lowest BCUT2D eigenvalue weighted by Crippen LogP contribution is -2.43. The van der Waals surface area contributed by atoms with Crippen LogP contribution < -0.4 is 5.32 Å². The number of rotatable bonds is 7. The highest BCUT2D eigenvalue weighted by atomic mass is 16.5. The minimum atomic E-state index is -0.424. The number of nitrogens with one attached hydrogen (secondary N) is 1. The third-order valence-corrected chi connectivity index (χ3v) is 5.91. The van der Waals surface area contributed by atoms with Gasteiger partial charge in [0.05, 0.1) is 25.2 Å². The first-order chi connectivity index (χ1) is 15.6. The molecule has 8 nitrogen and oxygen atoms in total. The summed E-state index contributed by atoms with van der Waals surface area (Å²) in [7, 11) is 0. The molecule has 2 fully saturated rings. The van der Waals surface area contributed by atoms with Gasteiger partial charge in [-0.25, -0.2) is 0 Å². The van der Waals surface area contributed by atoms with Gasteiger partial charge in [0.1, 0.15) is 0 Å². The van der Waals surface area contributed by atoms with Crippen molar-refractivity contribution in [2.24, 2.45) is 5.92 Å². The number of pyridine rings is 1. The highest BCUT2D eigenvalue weighted by Crippen LogP contribution is 2.18. The minimum Gasteiger partial charge on any atom is -0.370 e. The smallest absolute Gasteiger partial charge is 0.242 e. The lowest BCUT2D eigenvalue weighted by molar-refractivity contribution is -0.141. The number of ether oxygens (including phenoxy) is 1. The summed E-state index contributed by atoms with van der Waals surface area (Å²) in [6.45, 7) is 2.00. The van der Waals surface area contributed by atoms with Crippen molar-refractivity contribution in [1.82, 2.24) is 20.1 Å². The van der Waals surface area contributed by atoms with Crippen molar-refractivity contribution in [1.29, 1.82) is 0 Å². The van der Waals surface area contributed by atoms with Gasteiger partial charge in [-0.2, -0.15) is 0 Å². The van der Waals surface area contributed by atoms with E-state index >= 15 is 0 Å². The molecule has 0 bridgehead atoms. The van der Waals surface area contributed by atoms with E-state index in [0.29, 0.717) is 32.8 Å². The fraction of sp³-hybridized carbons (Fsp3) is 0.417. The van der Waals surface area contributed by atoms with Crippen LogP contribution in [0.2, 0.25) is 0 Å². The molecule has 0 aliphatic carbocycles. The number of benzene rings is 1. The standard InChI is InChI=1S/C24H28N4O4/c29-22-12-20(13-26-22)24(31)28-15-21(32-17-19-6-9-25-10-7-19)14-27(23(30)16-28)11-8-18-4-2-1-3-5-18/h1-7,9-10,20-21H,8,11-17H2,(H,26,29)/t20-,21+/m0/s1. The summed E-state index contributed by atoms with van der Waals surface area (Å²) >= 11 is 0. The summed E-state index contributed by atoms with van der Waals surface area (Å²) < 4.78 is 6.15. The maximum absolute atomic E-state index is 13.0. The van der Waals surface area contributed by atoms with Crippen LogP contribution in [-0.4, -0.2) is 71.3 Å². The predicted octanol–water partition coefficient (Wildman–Crippen LogP) is 1.02. The van der Waals surface area contributed by atoms with Crippen LogP contribution in [0.4, 0.5) is 0 Å². The Kier molecular flexibility index (Phi) is 7.11. The van der Waals surface area contributed by atoms with Gasteiger partial charge in [-0.3, -0.25) is 19.4 Å². The summed E-state index contributed by atoms with van der Waals surface area (Å²) in [5.74, 6) is -0.813. The molecule has 3 heterocycles. The Morgan fingerprint density at radius 2 is 1.84 bits per heavy atom. The first-order valence-corrected chi connectivity index (χ1v) is 11.0. The largest absolute Gasteiger partial charge is 0.370 e. The van der Waals surface area contributed by atoms with Crippen LogP contribution in [0.5, 0.6) is 0 Å². The lowest BCUT2D eigenvalue weighted by Gasteiger charge is -2.26. The molecule has 3 amide bonds. The molecule has 1 aromatic heterocycles. The average molecular weight is 437 g/mol. The number of hydrogen-bond acceptors (Lipinski definition) is 5. The summed E-state index contributed by atoms with van der Waals surface area (Å²) in [4.78, 5) is 45.0. The van der Waals surface area contributed by atoms with E-state index in [1.807, 2.05) is 42.5 Å². The molecule has 4 rings (SSSR count). The van der Waals surface area contributed by atoms with Crippen LogP contribution in [0, 0.1) is 5.92 Å². The van der Waals surface area contributed by atoms with E-state index in [1.165, 1.54) is 0 Å². The number of carbonyl (C=O) groups is 3. The molecule has 2 aliphatic heterocycles. The Morgan fingerprint density at radius 3 is 2.56 bits per heavy atom. The van der Waals surface area contributed by atoms with Crippen LogP contribution in [-0.2, 0) is 32.1 Å². The fourth-order valence-electron chi connectivity index (χ4n) is 4.11. The summed E-state index contributed by atoms with van der Waals surface area (Å²) in [6, 6.07) is 13.8. The van der Waals surface area contributed by atoms with Crippen molar-refractivity contribution in [3.8, 4) is 0 Å². The van der Waals surface area contributed by atoms with Crippen LogP contribution in [0.3, 0.4) is 0 Å². The topological polar surface area (TPSA) is 91.8 Å². The second-order valence-corrected chi connectivity index (χ2v) is 8.29. The Balaban J connectivity index is 1.45. The number of hydrogen-bond donors (Lipinski definition) is 1. The molecule has 168 valence electrons. The van der Waals surface area contributed by atoms with Gasteiger partial charge in [-0.15, -0.1) is 0 Å². The molecule has 1 N–H and O–H groups in total. The Morgan fingerprint density at radius 1 is 1.06 bits per heavy atom. The van der Waals surface area contributed by atoms with Gasteiger partial charge < -0.3 is 19.9 Å². The molecule has 0 unspecified atom stereocenters. The summed E-state index contributed by atoms with van der Waals surface area (Å²) in [5, 5.41) is 2.70. The monoisotopic (exact) mass is 436 g/mol. The second kappa shape index (κ2) is 10.4. The van der Waals surface area contributed by atoms with E-state index in [-0.39, 0.29) is 36.8 Å². The van der Waals surface area contributed by atoms with Crippen molar-refractivity contribution >= 4 is 17.7 Å². The molecule has 2 aliphatic rings. The van der Waals surface area contributed by atoms with E-state index in [4.69, 9.17) is 4.74 Å². The zero-order valence-electron chi connectivity index (χ0n) is 18.0. The van der Waals surface area contributed by atoms with Crippen LogP contribution in [0.1, 0.15) is 17.5 Å². The van der Waals surface area contributed by atoms with Crippen molar-refractivity contribution in [2.45, 2.75) is 25.6 Å². The van der Waals surface area contributed by atoms with Gasteiger partial charge >= 0.3 is 0 Å². The number of amides is 3. The molecule has 2 aromatic rings. The molecule has 0 saturated carbocycles. The molecular formula is C24H28N4O4. The van der Waals surface area contributed by atoms with Crippen LogP contribution >= 0.6 is 0 Å². The lowest BCUT2D eigenvalue weighted by atomic mass is 10.1. The Labute approximate surface area is 187 Å². The third kappa shape index (κ3) is 5.70. The average Bonchev–Trinajstić information content (AvgIpc) is 3.19. The summed E-state index contributed by atoms with van der Waals surface area (Å²) in [5.41, 5.74) is 2.14. The van der Waals surface area contributed by atoms with E-state index in [9.17, 15) is 14.4 Å². The Hall–Kier alpha value is -3.26. The van der Waals surface area contributed by atoms with E-state index < -0.39 is 5.92 Å². The van der Waals surface area contributed by atoms with E-state index in [0.717, 1.165) is 17.5 Å². The molecule has 2 atom stereocenters. The molecular weight excluding hydrogens is 408 g/mol. The molecule has 0 radical (unpaired) electrons. The van der Waals surface area contributed by atoms with Crippen molar-refractivity contribution in [3.05, 3.63) is 66.0 Å². The third-order valence-electron chi connectivity index (χ3n) is 5.91. The normalized spacial score (nSPS) is 21.4. The van der Waals surface area contributed by atoms with Gasteiger partial charge in [0.25, 0.3) is 0 Å². The molecule has 0 spiro atoms. The number of carbonyl (C=O) groups excluding carboxylic acids is 3. The highest BCUT2D eigenvalue weighted by Gasteiger charge is 2.36. The number of nitrogens with zero attached hydrogens (tertiary/aromatic N) is 3. The van der Waals surface area contributed by atoms with Crippen LogP contribution in [0.25, 0.3) is 0 Å². The van der Waals surface area contributed by atoms with E-state index in [1.54, 1.807) is 22.2 Å². The first kappa shape index (κ1) is 22.0. The second-order valence-electron chi connectivity index (χ2n) is 8.29. The molecule has 8 heteroatoms. The van der Waals surface area contributed by atoms with Gasteiger partial charge in [0.15, 0.2) is 0 Å². The van der Waals surface area contributed by atoms with Gasteiger partial charge in [-0.05, 0) is 29.7 Å². The maximum Gasteiger partial charge on any atom is 0.242 e. The number of aromatic nitrogens is 1. The van der Waals surface area contributed by atoms with Gasteiger partial charge in [0, 0.05) is 45.0 Å².